The molecule has 1 fully saturated rings. The summed E-state index contributed by atoms with van der Waals surface area (Å²) < 4.78 is 5.85. The van der Waals surface area contributed by atoms with E-state index < -0.39 is 0 Å². The predicted molar refractivity (Wildman–Crippen MR) is 107 cm³/mol. The Labute approximate surface area is 164 Å². The van der Waals surface area contributed by atoms with E-state index in [1.165, 1.54) is 11.3 Å². The zero-order valence-corrected chi connectivity index (χ0v) is 16.7. The van der Waals surface area contributed by atoms with Crippen molar-refractivity contribution in [1.82, 2.24) is 10.2 Å². The molecule has 2 heterocycles. The van der Waals surface area contributed by atoms with Crippen LogP contribution < -0.4 is 10.1 Å². The maximum absolute atomic E-state index is 12.5. The number of para-hydroxylation sites is 1. The van der Waals surface area contributed by atoms with E-state index in [4.69, 9.17) is 4.74 Å². The first kappa shape index (κ1) is 19.4. The van der Waals surface area contributed by atoms with Crippen LogP contribution in [0, 0.1) is 6.92 Å². The molecule has 0 aliphatic carbocycles. The van der Waals surface area contributed by atoms with Crippen LogP contribution in [0.3, 0.4) is 0 Å². The number of carbonyl (C=O) groups is 2. The summed E-state index contributed by atoms with van der Waals surface area (Å²) in [5, 5.41) is 3.09. The molecule has 0 radical (unpaired) electrons. The number of amides is 2. The Hall–Kier alpha value is -2.34. The molecule has 5 nitrogen and oxygen atoms in total. The summed E-state index contributed by atoms with van der Waals surface area (Å²) in [6.07, 6.45) is 2.86. The van der Waals surface area contributed by atoms with Gasteiger partial charge in [-0.1, -0.05) is 25.1 Å². The number of nitrogens with one attached hydrogen (secondary N) is 1. The minimum absolute atomic E-state index is 0.0217. The van der Waals surface area contributed by atoms with Gasteiger partial charge >= 0.3 is 0 Å². The van der Waals surface area contributed by atoms with Gasteiger partial charge in [-0.05, 0) is 44.4 Å². The van der Waals surface area contributed by atoms with Crippen molar-refractivity contribution in [3.63, 3.8) is 0 Å². The number of hydrogen-bond donors (Lipinski definition) is 1. The van der Waals surface area contributed by atoms with E-state index in [0.717, 1.165) is 42.8 Å². The number of aryl methyl sites for hydroxylation is 1. The first-order chi connectivity index (χ1) is 13.1. The molecular formula is C21H26N2O3S. The molecule has 0 bridgehead atoms. The van der Waals surface area contributed by atoms with Crippen molar-refractivity contribution in [1.29, 1.82) is 0 Å². The lowest BCUT2D eigenvalue weighted by Crippen LogP contribution is -2.32. The molecule has 2 amide bonds. The van der Waals surface area contributed by atoms with Crippen LogP contribution in [0.15, 0.2) is 36.4 Å². The molecule has 1 N–H and O–H groups in total. The van der Waals surface area contributed by atoms with Crippen molar-refractivity contribution in [3.05, 3.63) is 51.7 Å². The fourth-order valence-electron chi connectivity index (χ4n) is 3.28. The van der Waals surface area contributed by atoms with E-state index in [0.29, 0.717) is 10.6 Å². The normalized spacial score (nSPS) is 14.8. The van der Waals surface area contributed by atoms with Gasteiger partial charge in [0.1, 0.15) is 5.75 Å². The van der Waals surface area contributed by atoms with Crippen LogP contribution >= 0.6 is 11.3 Å². The molecule has 1 aromatic heterocycles. The Kier molecular flexibility index (Phi) is 6.50. The lowest BCUT2D eigenvalue weighted by molar-refractivity contribution is -0.132. The molecular weight excluding hydrogens is 360 g/mol. The Morgan fingerprint density at radius 3 is 2.59 bits per heavy atom. The van der Waals surface area contributed by atoms with Crippen molar-refractivity contribution in [2.24, 2.45) is 0 Å². The van der Waals surface area contributed by atoms with Crippen molar-refractivity contribution < 1.29 is 14.3 Å². The van der Waals surface area contributed by atoms with Crippen LogP contribution in [0.5, 0.6) is 5.75 Å². The molecule has 144 valence electrons. The molecule has 6 heteroatoms. The summed E-state index contributed by atoms with van der Waals surface area (Å²) in [6.45, 7) is 5.68. The van der Waals surface area contributed by atoms with Crippen LogP contribution in [-0.4, -0.2) is 36.4 Å². The Bertz CT molecular complexity index is 796. The van der Waals surface area contributed by atoms with E-state index in [1.807, 2.05) is 55.1 Å². The second-order valence-electron chi connectivity index (χ2n) is 6.76. The molecule has 27 heavy (non-hydrogen) atoms. The second-order valence-corrected chi connectivity index (χ2v) is 8.05. The van der Waals surface area contributed by atoms with Gasteiger partial charge in [0.05, 0.1) is 10.9 Å². The fourth-order valence-corrected chi connectivity index (χ4v) is 4.05. The third-order valence-corrected chi connectivity index (χ3v) is 5.78. The minimum Gasteiger partial charge on any atom is -0.483 e. The van der Waals surface area contributed by atoms with Gasteiger partial charge in [0, 0.05) is 23.5 Å². The number of ether oxygens (including phenoxy) is 1. The number of hydrogen-bond acceptors (Lipinski definition) is 4. The first-order valence-electron chi connectivity index (χ1n) is 9.45. The molecule has 0 saturated carbocycles. The Balaban J connectivity index is 1.68. The lowest BCUT2D eigenvalue weighted by atomic mass is 10.0. The van der Waals surface area contributed by atoms with Crippen LogP contribution in [0.2, 0.25) is 0 Å². The lowest BCUT2D eigenvalue weighted by Gasteiger charge is -2.21. The molecule has 0 spiro atoms. The third kappa shape index (κ3) is 4.89. The summed E-state index contributed by atoms with van der Waals surface area (Å²) in [5.74, 6) is 0.593. The summed E-state index contributed by atoms with van der Waals surface area (Å²) >= 11 is 1.48. The smallest absolute Gasteiger partial charge is 0.261 e. The molecule has 1 aliphatic rings. The van der Waals surface area contributed by atoms with Crippen molar-refractivity contribution in [2.75, 3.05) is 19.7 Å². The van der Waals surface area contributed by atoms with Crippen molar-refractivity contribution in [2.45, 2.75) is 39.2 Å². The molecule has 1 aliphatic heterocycles. The number of likely N-dealkylation sites (tertiary alicyclic amines) is 1. The summed E-state index contributed by atoms with van der Waals surface area (Å²) in [5.41, 5.74) is 0.899. The number of benzene rings is 1. The second kappa shape index (κ2) is 9.04. The summed E-state index contributed by atoms with van der Waals surface area (Å²) in [7, 11) is 0. The quantitative estimate of drug-likeness (QED) is 0.784. The molecule has 3 rings (SSSR count). The van der Waals surface area contributed by atoms with Crippen molar-refractivity contribution in [3.8, 4) is 5.75 Å². The zero-order chi connectivity index (χ0) is 19.2. The molecule has 2 aromatic rings. The highest BCUT2D eigenvalue weighted by Crippen LogP contribution is 2.28. The maximum atomic E-state index is 12.5. The van der Waals surface area contributed by atoms with E-state index in [9.17, 15) is 9.59 Å². The summed E-state index contributed by atoms with van der Waals surface area (Å²) in [4.78, 5) is 28.5. The highest BCUT2D eigenvalue weighted by atomic mass is 32.1. The van der Waals surface area contributed by atoms with Gasteiger partial charge in [-0.15, -0.1) is 11.3 Å². The molecule has 1 aromatic carbocycles. The number of thiophene rings is 1. The van der Waals surface area contributed by atoms with Gasteiger partial charge in [-0.2, -0.15) is 0 Å². The molecule has 1 atom stereocenters. The SMILES string of the molecule is CCC(NC(=O)c1ccc(C)s1)c1ccccc1OCC(=O)N1CCCC1. The van der Waals surface area contributed by atoms with Crippen LogP contribution in [-0.2, 0) is 4.79 Å². The van der Waals surface area contributed by atoms with Gasteiger partial charge in [0.2, 0.25) is 0 Å². The largest absolute Gasteiger partial charge is 0.483 e. The minimum atomic E-state index is -0.169. The van der Waals surface area contributed by atoms with E-state index in [-0.39, 0.29) is 24.5 Å². The fraction of sp³-hybridized carbons (Fsp3) is 0.429. The average Bonchev–Trinajstić information content (AvgIpc) is 3.36. The van der Waals surface area contributed by atoms with E-state index >= 15 is 0 Å². The standard InChI is InChI=1S/C21H26N2O3S/c1-3-17(22-21(25)19-11-10-15(2)27-19)16-8-4-5-9-18(16)26-14-20(24)23-12-6-7-13-23/h4-5,8-11,17H,3,6-7,12-14H2,1-2H3,(H,22,25). The Morgan fingerprint density at radius 2 is 1.93 bits per heavy atom. The highest BCUT2D eigenvalue weighted by Gasteiger charge is 2.21. The number of rotatable bonds is 7. The van der Waals surface area contributed by atoms with Gasteiger partial charge in [0.15, 0.2) is 6.61 Å². The van der Waals surface area contributed by atoms with Gasteiger partial charge in [-0.3, -0.25) is 9.59 Å². The van der Waals surface area contributed by atoms with Gasteiger partial charge in [-0.25, -0.2) is 0 Å². The van der Waals surface area contributed by atoms with Crippen LogP contribution in [0.1, 0.15) is 52.3 Å². The monoisotopic (exact) mass is 386 g/mol. The van der Waals surface area contributed by atoms with Crippen LogP contribution in [0.25, 0.3) is 0 Å². The predicted octanol–water partition coefficient (Wildman–Crippen LogP) is 3.94. The maximum Gasteiger partial charge on any atom is 0.261 e. The highest BCUT2D eigenvalue weighted by molar-refractivity contribution is 7.13. The average molecular weight is 387 g/mol. The zero-order valence-electron chi connectivity index (χ0n) is 15.9. The first-order valence-corrected chi connectivity index (χ1v) is 10.3. The number of nitrogens with zero attached hydrogens (tertiary/aromatic N) is 1. The van der Waals surface area contributed by atoms with Gasteiger partial charge < -0.3 is 15.0 Å². The summed E-state index contributed by atoms with van der Waals surface area (Å²) in [6, 6.07) is 11.2. The van der Waals surface area contributed by atoms with E-state index in [1.54, 1.807) is 0 Å². The Morgan fingerprint density at radius 1 is 1.19 bits per heavy atom. The van der Waals surface area contributed by atoms with E-state index in [2.05, 4.69) is 5.32 Å². The van der Waals surface area contributed by atoms with Gasteiger partial charge in [0.25, 0.3) is 11.8 Å². The molecule has 1 unspecified atom stereocenters. The topological polar surface area (TPSA) is 58.6 Å². The number of carbonyl (C=O) groups excluding carboxylic acids is 2. The van der Waals surface area contributed by atoms with Crippen molar-refractivity contribution >= 4 is 23.2 Å². The third-order valence-electron chi connectivity index (χ3n) is 4.78. The molecule has 1 saturated heterocycles. The van der Waals surface area contributed by atoms with Crippen LogP contribution in [0.4, 0.5) is 0 Å².